The van der Waals surface area contributed by atoms with Gasteiger partial charge in [0.25, 0.3) is 5.91 Å². The predicted molar refractivity (Wildman–Crippen MR) is 152 cm³/mol. The van der Waals surface area contributed by atoms with Crippen LogP contribution >= 0.6 is 23.2 Å². The zero-order valence-electron chi connectivity index (χ0n) is 20.9. The van der Waals surface area contributed by atoms with Crippen LogP contribution in [0, 0.1) is 0 Å². The average molecular weight is 604 g/mol. The number of nitrogens with two attached hydrogens (primary N) is 2. The molecule has 5 N–H and O–H groups in total. The highest BCUT2D eigenvalue weighted by Crippen LogP contribution is 2.35. The Labute approximate surface area is 239 Å². The summed E-state index contributed by atoms with van der Waals surface area (Å²) in [5.41, 5.74) is 14.3. The lowest BCUT2D eigenvalue weighted by Crippen LogP contribution is -2.46. The number of nitrogens with zero attached hydrogens (tertiary/aromatic N) is 1. The van der Waals surface area contributed by atoms with E-state index in [-0.39, 0.29) is 28.6 Å². The number of sulfonamides is 1. The third-order valence-electron chi connectivity index (χ3n) is 6.05. The van der Waals surface area contributed by atoms with Crippen LogP contribution in [0.2, 0.25) is 10.0 Å². The molecule has 40 heavy (non-hydrogen) atoms. The molecular formula is C27H23Cl2N3O7S. The summed E-state index contributed by atoms with van der Waals surface area (Å²) in [6.07, 6.45) is 0.124. The number of furan rings is 1. The molecule has 4 aromatic rings. The van der Waals surface area contributed by atoms with Crippen LogP contribution in [-0.4, -0.2) is 47.8 Å². The molecule has 1 atom stereocenters. The third kappa shape index (κ3) is 6.13. The molecule has 3 aromatic carbocycles. The van der Waals surface area contributed by atoms with Crippen LogP contribution in [0.4, 0.5) is 5.69 Å². The Morgan fingerprint density at radius 3 is 2.38 bits per heavy atom. The molecule has 1 aromatic heterocycles. The molecule has 0 saturated heterocycles. The van der Waals surface area contributed by atoms with Crippen molar-refractivity contribution < 1.29 is 32.3 Å². The van der Waals surface area contributed by atoms with Gasteiger partial charge >= 0.3 is 5.97 Å². The first-order valence-electron chi connectivity index (χ1n) is 11.7. The molecule has 0 aliphatic carbocycles. The number of amides is 1. The first-order chi connectivity index (χ1) is 18.8. The summed E-state index contributed by atoms with van der Waals surface area (Å²) < 4.78 is 31.1. The molecule has 0 radical (unpaired) electrons. The number of halogens is 2. The molecule has 0 spiro atoms. The number of benzene rings is 3. The number of fused-ring (bicyclic) bond motifs is 1. The monoisotopic (exact) mass is 603 g/mol. The van der Waals surface area contributed by atoms with E-state index in [4.69, 9.17) is 44.2 Å². The highest BCUT2D eigenvalue weighted by molar-refractivity contribution is 7.88. The molecule has 4 rings (SSSR count). The van der Waals surface area contributed by atoms with Gasteiger partial charge in [-0.2, -0.15) is 0 Å². The maximum Gasteiger partial charge on any atom is 0.305 e. The van der Waals surface area contributed by atoms with E-state index >= 15 is 0 Å². The molecule has 1 heterocycles. The van der Waals surface area contributed by atoms with Crippen LogP contribution in [0.5, 0.6) is 0 Å². The summed E-state index contributed by atoms with van der Waals surface area (Å²) in [4.78, 5) is 36.7. The van der Waals surface area contributed by atoms with Crippen molar-refractivity contribution in [2.45, 2.75) is 19.0 Å². The van der Waals surface area contributed by atoms with Crippen molar-refractivity contribution in [3.8, 4) is 11.1 Å². The van der Waals surface area contributed by atoms with Crippen LogP contribution in [0.15, 0.2) is 65.1 Å². The van der Waals surface area contributed by atoms with Crippen molar-refractivity contribution in [2.24, 2.45) is 5.73 Å². The number of aliphatic carboxylic acids is 1. The van der Waals surface area contributed by atoms with Crippen molar-refractivity contribution >= 4 is 67.5 Å². The number of ketones is 1. The molecule has 10 nitrogen and oxygen atoms in total. The summed E-state index contributed by atoms with van der Waals surface area (Å²) in [5, 5.41) is 9.96. The Bertz CT molecular complexity index is 1770. The van der Waals surface area contributed by atoms with E-state index in [1.54, 1.807) is 42.5 Å². The van der Waals surface area contributed by atoms with Crippen molar-refractivity contribution in [3.63, 3.8) is 0 Å². The second kappa shape index (κ2) is 11.3. The minimum Gasteiger partial charge on any atom is -0.481 e. The molecule has 0 saturated carbocycles. The maximum atomic E-state index is 13.1. The number of rotatable bonds is 9. The van der Waals surface area contributed by atoms with Gasteiger partial charge in [-0.1, -0.05) is 47.5 Å². The van der Waals surface area contributed by atoms with Crippen molar-refractivity contribution in [2.75, 3.05) is 12.0 Å². The van der Waals surface area contributed by atoms with Gasteiger partial charge in [0, 0.05) is 16.0 Å². The van der Waals surface area contributed by atoms with Gasteiger partial charge in [0.1, 0.15) is 5.58 Å². The topological polar surface area (TPSA) is 174 Å². The largest absolute Gasteiger partial charge is 0.481 e. The number of anilines is 1. The van der Waals surface area contributed by atoms with E-state index in [9.17, 15) is 22.8 Å². The van der Waals surface area contributed by atoms with Crippen LogP contribution in [0.25, 0.3) is 22.1 Å². The van der Waals surface area contributed by atoms with Crippen LogP contribution in [0.3, 0.4) is 0 Å². The van der Waals surface area contributed by atoms with Crippen LogP contribution in [0.1, 0.15) is 28.1 Å². The first-order valence-corrected chi connectivity index (χ1v) is 14.3. The summed E-state index contributed by atoms with van der Waals surface area (Å²) in [7, 11) is -4.05. The molecule has 0 bridgehead atoms. The van der Waals surface area contributed by atoms with Crippen LogP contribution < -0.4 is 11.5 Å². The minimum absolute atomic E-state index is 0.0786. The molecule has 13 heteroatoms. The quantitative estimate of drug-likeness (QED) is 0.235. The Hall–Kier alpha value is -3.90. The highest BCUT2D eigenvalue weighted by atomic mass is 35.5. The number of hydrogen-bond donors (Lipinski definition) is 3. The second-order valence-corrected chi connectivity index (χ2v) is 11.8. The fourth-order valence-corrected chi connectivity index (χ4v) is 5.43. The molecule has 208 valence electrons. The summed E-state index contributed by atoms with van der Waals surface area (Å²) in [5.74, 6) is -2.94. The Kier molecular flexibility index (Phi) is 8.22. The standard InChI is InChI=1S/C27H23Cl2N3O7S/c1-40(37,38)32(27(36)21(30)12-23(33)34)13-14-3-2-4-15(9-14)16-5-7-19-22(10-16)39-26(24(19)31)25(35)18-8-6-17(28)11-20(18)29/h2-11,21H,12-13,30-31H2,1H3,(H,33,34)/t21-/m0/s1. The van der Waals surface area contributed by atoms with Gasteiger partial charge in [0.15, 0.2) is 5.76 Å². The Morgan fingerprint density at radius 1 is 1.02 bits per heavy atom. The Morgan fingerprint density at radius 2 is 1.73 bits per heavy atom. The van der Waals surface area contributed by atoms with Gasteiger partial charge in [-0.25, -0.2) is 12.7 Å². The fourth-order valence-electron chi connectivity index (χ4n) is 4.09. The van der Waals surface area contributed by atoms with Gasteiger partial charge in [-0.05, 0) is 53.1 Å². The molecule has 0 aliphatic rings. The number of nitrogen functional groups attached to an aromatic ring is 1. The van der Waals surface area contributed by atoms with Gasteiger partial charge in [0.2, 0.25) is 15.8 Å². The van der Waals surface area contributed by atoms with E-state index in [0.717, 1.165) is 6.26 Å². The van der Waals surface area contributed by atoms with E-state index < -0.39 is 40.1 Å². The molecule has 0 fully saturated rings. The van der Waals surface area contributed by atoms with Gasteiger partial charge in [-0.3, -0.25) is 14.4 Å². The highest BCUT2D eigenvalue weighted by Gasteiger charge is 2.30. The molecule has 0 aliphatic heterocycles. The van der Waals surface area contributed by atoms with Crippen molar-refractivity contribution in [1.82, 2.24) is 4.31 Å². The van der Waals surface area contributed by atoms with Crippen LogP contribution in [-0.2, 0) is 26.2 Å². The van der Waals surface area contributed by atoms with Gasteiger partial charge in [-0.15, -0.1) is 0 Å². The lowest BCUT2D eigenvalue weighted by atomic mass is 10.0. The van der Waals surface area contributed by atoms with Gasteiger partial charge < -0.3 is 21.0 Å². The maximum absolute atomic E-state index is 13.1. The molecular weight excluding hydrogens is 581 g/mol. The summed E-state index contributed by atoms with van der Waals surface area (Å²) in [6, 6.07) is 14.8. The predicted octanol–water partition coefficient (Wildman–Crippen LogP) is 4.31. The number of hydrogen-bond acceptors (Lipinski definition) is 8. The zero-order chi connectivity index (χ0) is 29.4. The zero-order valence-corrected chi connectivity index (χ0v) is 23.3. The average Bonchev–Trinajstić information content (AvgIpc) is 3.21. The molecule has 1 amide bonds. The summed E-state index contributed by atoms with van der Waals surface area (Å²) >= 11 is 12.1. The SMILES string of the molecule is CS(=O)(=O)N(Cc1cccc(-c2ccc3c(N)c(C(=O)c4ccc(Cl)cc4Cl)oc3c2)c1)C(=O)[C@@H](N)CC(=O)O. The summed E-state index contributed by atoms with van der Waals surface area (Å²) in [6.45, 7) is -0.352. The second-order valence-electron chi connectivity index (χ2n) is 9.02. The fraction of sp³-hybridized carbons (Fsp3) is 0.148. The third-order valence-corrected chi connectivity index (χ3v) is 7.71. The van der Waals surface area contributed by atoms with Gasteiger partial charge in [0.05, 0.1) is 36.0 Å². The van der Waals surface area contributed by atoms with E-state index in [1.807, 2.05) is 0 Å². The van der Waals surface area contributed by atoms with E-state index in [2.05, 4.69) is 0 Å². The lowest BCUT2D eigenvalue weighted by molar-refractivity contribution is -0.140. The minimum atomic E-state index is -4.05. The number of carboxylic acid groups (broad SMARTS) is 1. The molecule has 0 unspecified atom stereocenters. The van der Waals surface area contributed by atoms with Crippen molar-refractivity contribution in [3.05, 3.63) is 87.6 Å². The number of carbonyl (C=O) groups excluding carboxylic acids is 2. The normalized spacial score (nSPS) is 12.3. The number of carboxylic acids is 1. The van der Waals surface area contributed by atoms with E-state index in [0.29, 0.717) is 37.0 Å². The number of carbonyl (C=O) groups is 3. The Balaban J connectivity index is 1.66. The lowest BCUT2D eigenvalue weighted by Gasteiger charge is -2.23. The first kappa shape index (κ1) is 29.1. The van der Waals surface area contributed by atoms with E-state index in [1.165, 1.54) is 18.2 Å². The van der Waals surface area contributed by atoms with Crippen molar-refractivity contribution in [1.29, 1.82) is 0 Å². The smallest absolute Gasteiger partial charge is 0.305 e.